The first-order valence-electron chi connectivity index (χ1n) is 5.63. The van der Waals surface area contributed by atoms with Crippen molar-refractivity contribution in [2.45, 2.75) is 6.92 Å². The van der Waals surface area contributed by atoms with Gasteiger partial charge in [-0.1, -0.05) is 13.0 Å². The van der Waals surface area contributed by atoms with Gasteiger partial charge in [-0.25, -0.2) is 4.98 Å². The average molecular weight is 313 g/mol. The topological polar surface area (TPSA) is 70.5 Å². The van der Waals surface area contributed by atoms with Crippen LogP contribution in [0.5, 0.6) is 0 Å². The molecule has 2 atom stereocenters. The second kappa shape index (κ2) is 5.06. The molecule has 0 saturated carbocycles. The van der Waals surface area contributed by atoms with Crippen molar-refractivity contribution in [2.24, 2.45) is 11.8 Å². The predicted octanol–water partition coefficient (Wildman–Crippen LogP) is 1.64. The molecule has 96 valence electrons. The highest BCUT2D eigenvalue weighted by atomic mass is 79.9. The molecule has 1 aromatic heterocycles. The normalized spacial score (nSPS) is 23.1. The van der Waals surface area contributed by atoms with Gasteiger partial charge in [0.05, 0.1) is 5.92 Å². The maximum absolute atomic E-state index is 12.2. The minimum atomic E-state index is -0.847. The maximum Gasteiger partial charge on any atom is 0.308 e. The summed E-state index contributed by atoms with van der Waals surface area (Å²) in [6.45, 7) is 2.56. The van der Waals surface area contributed by atoms with E-state index in [1.807, 2.05) is 6.92 Å². The summed E-state index contributed by atoms with van der Waals surface area (Å²) >= 11 is 3.21. The molecule has 0 aromatic carbocycles. The average Bonchev–Trinajstić information content (AvgIpc) is 2.70. The number of rotatable bonds is 2. The van der Waals surface area contributed by atoms with E-state index in [1.54, 1.807) is 23.1 Å². The van der Waals surface area contributed by atoms with Gasteiger partial charge in [0.15, 0.2) is 0 Å². The van der Waals surface area contributed by atoms with Gasteiger partial charge < -0.3 is 10.0 Å². The number of likely N-dealkylation sites (tertiary alicyclic amines) is 1. The Kier molecular flexibility index (Phi) is 3.65. The van der Waals surface area contributed by atoms with Crippen LogP contribution in [0.15, 0.2) is 22.8 Å². The number of halogens is 1. The summed E-state index contributed by atoms with van der Waals surface area (Å²) in [6, 6.07) is 5.10. The molecule has 2 rings (SSSR count). The summed E-state index contributed by atoms with van der Waals surface area (Å²) in [5.74, 6) is -1.58. The van der Waals surface area contributed by atoms with Crippen molar-refractivity contribution in [1.82, 2.24) is 9.88 Å². The Morgan fingerprint density at radius 3 is 2.72 bits per heavy atom. The highest BCUT2D eigenvalue weighted by molar-refractivity contribution is 9.10. The van der Waals surface area contributed by atoms with Crippen molar-refractivity contribution in [3.63, 3.8) is 0 Å². The molecular weight excluding hydrogens is 300 g/mol. The lowest BCUT2D eigenvalue weighted by Gasteiger charge is -2.15. The number of aliphatic carboxylic acids is 1. The number of pyridine rings is 1. The molecule has 18 heavy (non-hydrogen) atoms. The van der Waals surface area contributed by atoms with E-state index in [4.69, 9.17) is 5.11 Å². The summed E-state index contributed by atoms with van der Waals surface area (Å²) in [6.07, 6.45) is 0. The predicted molar refractivity (Wildman–Crippen MR) is 68.1 cm³/mol. The SMILES string of the molecule is CC1CN(C(=O)c2cccc(Br)n2)CC1C(=O)O. The summed E-state index contributed by atoms with van der Waals surface area (Å²) in [4.78, 5) is 28.8. The number of aromatic nitrogens is 1. The summed E-state index contributed by atoms with van der Waals surface area (Å²) in [5, 5.41) is 9.04. The van der Waals surface area contributed by atoms with Crippen molar-refractivity contribution in [3.8, 4) is 0 Å². The molecule has 5 nitrogen and oxygen atoms in total. The zero-order valence-electron chi connectivity index (χ0n) is 9.84. The minimum Gasteiger partial charge on any atom is -0.481 e. The third-order valence-corrected chi connectivity index (χ3v) is 3.59. The molecule has 0 bridgehead atoms. The first-order valence-corrected chi connectivity index (χ1v) is 6.43. The summed E-state index contributed by atoms with van der Waals surface area (Å²) in [7, 11) is 0. The van der Waals surface area contributed by atoms with Crippen LogP contribution >= 0.6 is 15.9 Å². The van der Waals surface area contributed by atoms with E-state index in [1.165, 1.54) is 0 Å². The van der Waals surface area contributed by atoms with Crippen LogP contribution in [0.2, 0.25) is 0 Å². The van der Waals surface area contributed by atoms with E-state index in [0.717, 1.165) is 0 Å². The van der Waals surface area contributed by atoms with Crippen molar-refractivity contribution in [2.75, 3.05) is 13.1 Å². The van der Waals surface area contributed by atoms with Gasteiger partial charge in [-0.15, -0.1) is 0 Å². The Morgan fingerprint density at radius 2 is 2.17 bits per heavy atom. The van der Waals surface area contributed by atoms with E-state index in [-0.39, 0.29) is 18.4 Å². The van der Waals surface area contributed by atoms with Crippen LogP contribution in [-0.2, 0) is 4.79 Å². The number of nitrogens with zero attached hydrogens (tertiary/aromatic N) is 2. The second-order valence-electron chi connectivity index (χ2n) is 4.48. The van der Waals surface area contributed by atoms with Crippen molar-refractivity contribution in [3.05, 3.63) is 28.5 Å². The number of carboxylic acids is 1. The summed E-state index contributed by atoms with van der Waals surface area (Å²) < 4.78 is 0.593. The molecule has 0 radical (unpaired) electrons. The highest BCUT2D eigenvalue weighted by Crippen LogP contribution is 2.24. The minimum absolute atomic E-state index is 0.0291. The Balaban J connectivity index is 2.14. The van der Waals surface area contributed by atoms with E-state index in [9.17, 15) is 9.59 Å². The number of carboxylic acid groups (broad SMARTS) is 1. The lowest BCUT2D eigenvalue weighted by molar-refractivity contribution is -0.142. The number of amides is 1. The molecular formula is C12H13BrN2O3. The smallest absolute Gasteiger partial charge is 0.308 e. The Hall–Kier alpha value is -1.43. The quantitative estimate of drug-likeness (QED) is 0.843. The molecule has 0 spiro atoms. The van der Waals surface area contributed by atoms with Gasteiger partial charge in [0.25, 0.3) is 5.91 Å². The molecule has 1 fully saturated rings. The lowest BCUT2D eigenvalue weighted by atomic mass is 9.99. The fourth-order valence-corrected chi connectivity index (χ4v) is 2.49. The van der Waals surface area contributed by atoms with Crippen LogP contribution in [0.25, 0.3) is 0 Å². The largest absolute Gasteiger partial charge is 0.481 e. The van der Waals surface area contributed by atoms with Crippen LogP contribution in [-0.4, -0.2) is 40.0 Å². The lowest BCUT2D eigenvalue weighted by Crippen LogP contribution is -2.30. The van der Waals surface area contributed by atoms with Gasteiger partial charge in [-0.2, -0.15) is 0 Å². The van der Waals surface area contributed by atoms with Gasteiger partial charge in [-0.3, -0.25) is 9.59 Å². The van der Waals surface area contributed by atoms with Crippen LogP contribution in [0.4, 0.5) is 0 Å². The van der Waals surface area contributed by atoms with E-state index in [0.29, 0.717) is 16.8 Å². The first kappa shape index (κ1) is 13.0. The molecule has 0 aliphatic carbocycles. The molecule has 1 aliphatic heterocycles. The Labute approximate surface area is 113 Å². The van der Waals surface area contributed by atoms with Gasteiger partial charge in [0, 0.05) is 13.1 Å². The zero-order chi connectivity index (χ0) is 13.3. The van der Waals surface area contributed by atoms with Crippen LogP contribution in [0, 0.1) is 11.8 Å². The van der Waals surface area contributed by atoms with E-state index in [2.05, 4.69) is 20.9 Å². The van der Waals surface area contributed by atoms with Gasteiger partial charge in [0.1, 0.15) is 10.3 Å². The fraction of sp³-hybridized carbons (Fsp3) is 0.417. The Bertz CT molecular complexity index is 492. The van der Waals surface area contributed by atoms with E-state index < -0.39 is 11.9 Å². The monoisotopic (exact) mass is 312 g/mol. The third kappa shape index (κ3) is 2.53. The van der Waals surface area contributed by atoms with Crippen LogP contribution in [0.1, 0.15) is 17.4 Å². The van der Waals surface area contributed by atoms with Crippen molar-refractivity contribution in [1.29, 1.82) is 0 Å². The molecule has 6 heteroatoms. The van der Waals surface area contributed by atoms with Crippen molar-refractivity contribution < 1.29 is 14.7 Å². The van der Waals surface area contributed by atoms with Gasteiger partial charge in [-0.05, 0) is 34.0 Å². The molecule has 1 N–H and O–H groups in total. The molecule has 2 unspecified atom stereocenters. The van der Waals surface area contributed by atoms with Crippen LogP contribution < -0.4 is 0 Å². The Morgan fingerprint density at radius 1 is 1.44 bits per heavy atom. The molecule has 1 amide bonds. The number of hydrogen-bond acceptors (Lipinski definition) is 3. The maximum atomic E-state index is 12.2. The molecule has 1 aliphatic rings. The molecule has 1 aromatic rings. The van der Waals surface area contributed by atoms with Crippen molar-refractivity contribution >= 4 is 27.8 Å². The number of carbonyl (C=O) groups is 2. The standard InChI is InChI=1S/C12H13BrN2O3/c1-7-5-15(6-8(7)12(17)18)11(16)9-3-2-4-10(13)14-9/h2-4,7-8H,5-6H2,1H3,(H,17,18). The fourth-order valence-electron chi connectivity index (χ4n) is 2.14. The van der Waals surface area contributed by atoms with Crippen LogP contribution in [0.3, 0.4) is 0 Å². The highest BCUT2D eigenvalue weighted by Gasteiger charge is 2.37. The number of carbonyl (C=O) groups excluding carboxylic acids is 1. The molecule has 1 saturated heterocycles. The van der Waals surface area contributed by atoms with E-state index >= 15 is 0 Å². The van der Waals surface area contributed by atoms with Gasteiger partial charge in [0.2, 0.25) is 0 Å². The second-order valence-corrected chi connectivity index (χ2v) is 5.29. The zero-order valence-corrected chi connectivity index (χ0v) is 11.4. The van der Waals surface area contributed by atoms with Gasteiger partial charge >= 0.3 is 5.97 Å². The summed E-state index contributed by atoms with van der Waals surface area (Å²) in [5.41, 5.74) is 0.336. The third-order valence-electron chi connectivity index (χ3n) is 3.15. The first-order chi connectivity index (χ1) is 8.49. The molecule has 2 heterocycles. The number of hydrogen-bond donors (Lipinski definition) is 1.